The number of nitrogens with two attached hydrogens (primary N) is 1. The molecule has 1 aromatic heterocycles. The third-order valence-electron chi connectivity index (χ3n) is 3.78. The number of nitrogens with zero attached hydrogens (tertiary/aromatic N) is 3. The van der Waals surface area contributed by atoms with Crippen molar-refractivity contribution in [1.29, 1.82) is 0 Å². The molecule has 1 aliphatic rings. The van der Waals surface area contributed by atoms with E-state index < -0.39 is 0 Å². The van der Waals surface area contributed by atoms with Crippen molar-refractivity contribution in [3.63, 3.8) is 0 Å². The molecular formula is C15H20N4. The van der Waals surface area contributed by atoms with Crippen molar-refractivity contribution in [2.75, 3.05) is 18.0 Å². The Morgan fingerprint density at radius 1 is 1.32 bits per heavy atom. The summed E-state index contributed by atoms with van der Waals surface area (Å²) < 4.78 is 2.23. The number of hydrogen-bond acceptors (Lipinski definition) is 3. The van der Waals surface area contributed by atoms with E-state index >= 15 is 0 Å². The normalized spacial score (nSPS) is 14.5. The number of rotatable bonds is 3. The highest BCUT2D eigenvalue weighted by Crippen LogP contribution is 2.25. The van der Waals surface area contributed by atoms with Crippen molar-refractivity contribution in [3.8, 4) is 0 Å². The van der Waals surface area contributed by atoms with E-state index in [0.29, 0.717) is 6.54 Å². The van der Waals surface area contributed by atoms with Crippen molar-refractivity contribution >= 4 is 5.69 Å². The minimum Gasteiger partial charge on any atom is -0.362 e. The van der Waals surface area contributed by atoms with Gasteiger partial charge >= 0.3 is 0 Å². The summed E-state index contributed by atoms with van der Waals surface area (Å²) in [5.74, 6) is 1.15. The lowest BCUT2D eigenvalue weighted by molar-refractivity contribution is 0.559. The molecule has 0 radical (unpaired) electrons. The Labute approximate surface area is 113 Å². The third-order valence-corrected chi connectivity index (χ3v) is 3.78. The number of benzene rings is 1. The van der Waals surface area contributed by atoms with Crippen LogP contribution in [0.25, 0.3) is 0 Å². The summed E-state index contributed by atoms with van der Waals surface area (Å²) in [6.07, 6.45) is 4.89. The van der Waals surface area contributed by atoms with Crippen molar-refractivity contribution < 1.29 is 0 Å². The minimum atomic E-state index is 0.708. The third kappa shape index (κ3) is 2.36. The Bertz CT molecular complexity index is 573. The first-order valence-corrected chi connectivity index (χ1v) is 6.82. The molecule has 0 aliphatic carbocycles. The van der Waals surface area contributed by atoms with E-state index in [2.05, 4.69) is 45.8 Å². The van der Waals surface area contributed by atoms with E-state index in [1.807, 2.05) is 6.20 Å². The lowest BCUT2D eigenvalue weighted by Gasteiger charge is -2.31. The van der Waals surface area contributed by atoms with E-state index in [9.17, 15) is 0 Å². The molecule has 0 spiro atoms. The molecule has 2 N–H and O–H groups in total. The molecule has 100 valence electrons. The molecule has 1 aliphatic heterocycles. The molecule has 2 aromatic rings. The Morgan fingerprint density at radius 2 is 2.21 bits per heavy atom. The lowest BCUT2D eigenvalue weighted by Crippen LogP contribution is -2.34. The monoisotopic (exact) mass is 256 g/mol. The highest BCUT2D eigenvalue weighted by molar-refractivity contribution is 5.55. The molecule has 0 saturated carbocycles. The Balaban J connectivity index is 1.83. The van der Waals surface area contributed by atoms with E-state index in [4.69, 9.17) is 5.73 Å². The Hall–Kier alpha value is -1.81. The largest absolute Gasteiger partial charge is 0.362 e. The topological polar surface area (TPSA) is 47.1 Å². The van der Waals surface area contributed by atoms with Gasteiger partial charge in [-0.15, -0.1) is 0 Å². The van der Waals surface area contributed by atoms with Crippen LogP contribution in [-0.4, -0.2) is 22.6 Å². The van der Waals surface area contributed by atoms with Crippen molar-refractivity contribution in [3.05, 3.63) is 47.5 Å². The fourth-order valence-corrected chi connectivity index (χ4v) is 2.77. The molecule has 0 saturated heterocycles. The summed E-state index contributed by atoms with van der Waals surface area (Å²) in [5, 5.41) is 0. The van der Waals surface area contributed by atoms with Gasteiger partial charge in [0.15, 0.2) is 0 Å². The summed E-state index contributed by atoms with van der Waals surface area (Å²) in [7, 11) is 0. The summed E-state index contributed by atoms with van der Waals surface area (Å²) in [6, 6.07) is 6.67. The molecule has 0 atom stereocenters. The molecule has 4 nitrogen and oxygen atoms in total. The van der Waals surface area contributed by atoms with Crippen molar-refractivity contribution in [1.82, 2.24) is 9.55 Å². The molecule has 4 heteroatoms. The van der Waals surface area contributed by atoms with Gasteiger partial charge in [0, 0.05) is 31.2 Å². The van der Waals surface area contributed by atoms with Crippen LogP contribution in [-0.2, 0) is 19.5 Å². The maximum absolute atomic E-state index is 5.61. The number of aromatic nitrogens is 2. The first-order chi connectivity index (χ1) is 9.28. The number of anilines is 1. The highest BCUT2D eigenvalue weighted by Gasteiger charge is 2.18. The summed E-state index contributed by atoms with van der Waals surface area (Å²) in [6.45, 7) is 5.83. The van der Waals surface area contributed by atoms with E-state index in [1.54, 1.807) is 0 Å². The van der Waals surface area contributed by atoms with Crippen LogP contribution in [0.2, 0.25) is 0 Å². The van der Waals surface area contributed by atoms with Gasteiger partial charge < -0.3 is 15.2 Å². The molecule has 2 heterocycles. The van der Waals surface area contributed by atoms with E-state index in [1.165, 1.54) is 16.8 Å². The molecule has 0 amide bonds. The van der Waals surface area contributed by atoms with Gasteiger partial charge in [0.25, 0.3) is 0 Å². The molecule has 19 heavy (non-hydrogen) atoms. The van der Waals surface area contributed by atoms with Gasteiger partial charge in [0.1, 0.15) is 5.82 Å². The lowest BCUT2D eigenvalue weighted by atomic mass is 10.1. The number of imidazole rings is 1. The average molecular weight is 256 g/mol. The number of hydrogen-bond donors (Lipinski definition) is 1. The molecular weight excluding hydrogens is 236 g/mol. The summed E-state index contributed by atoms with van der Waals surface area (Å²) >= 11 is 0. The SMILES string of the molecule is Cc1cc(CCN)ccc1N1CCn2ccnc2C1. The van der Waals surface area contributed by atoms with Gasteiger partial charge in [-0.05, 0) is 37.1 Å². The van der Waals surface area contributed by atoms with Crippen LogP contribution in [0.4, 0.5) is 5.69 Å². The molecule has 0 bridgehead atoms. The number of aryl methyl sites for hydroxylation is 1. The second-order valence-electron chi connectivity index (χ2n) is 5.12. The van der Waals surface area contributed by atoms with Crippen LogP contribution in [0, 0.1) is 6.92 Å². The number of fused-ring (bicyclic) bond motifs is 1. The maximum atomic E-state index is 5.61. The van der Waals surface area contributed by atoms with Crippen LogP contribution in [0.15, 0.2) is 30.6 Å². The molecule has 0 unspecified atom stereocenters. The Morgan fingerprint density at radius 3 is 3.00 bits per heavy atom. The predicted octanol–water partition coefficient (Wildman–Crippen LogP) is 1.71. The fourth-order valence-electron chi connectivity index (χ4n) is 2.77. The second-order valence-corrected chi connectivity index (χ2v) is 5.12. The standard InChI is InChI=1S/C15H20N4/c1-12-10-13(4-5-16)2-3-14(12)19-9-8-18-7-6-17-15(18)11-19/h2-3,6-7,10H,4-5,8-9,11,16H2,1H3. The average Bonchev–Trinajstić information content (AvgIpc) is 2.86. The minimum absolute atomic E-state index is 0.708. The maximum Gasteiger partial charge on any atom is 0.128 e. The van der Waals surface area contributed by atoms with Gasteiger partial charge in [-0.2, -0.15) is 0 Å². The second kappa shape index (κ2) is 5.05. The van der Waals surface area contributed by atoms with Crippen molar-refractivity contribution in [2.45, 2.75) is 26.4 Å². The van der Waals surface area contributed by atoms with Gasteiger partial charge in [-0.1, -0.05) is 12.1 Å². The summed E-state index contributed by atoms with van der Waals surface area (Å²) in [4.78, 5) is 6.82. The molecule has 3 rings (SSSR count). The van der Waals surface area contributed by atoms with Gasteiger partial charge in [0.05, 0.1) is 6.54 Å². The smallest absolute Gasteiger partial charge is 0.128 e. The zero-order valence-corrected chi connectivity index (χ0v) is 11.3. The molecule has 1 aromatic carbocycles. The molecule has 0 fully saturated rings. The van der Waals surface area contributed by atoms with E-state index in [0.717, 1.165) is 31.9 Å². The van der Waals surface area contributed by atoms with Gasteiger partial charge in [-0.3, -0.25) is 0 Å². The summed E-state index contributed by atoms with van der Waals surface area (Å²) in [5.41, 5.74) is 9.57. The van der Waals surface area contributed by atoms with Crippen molar-refractivity contribution in [2.24, 2.45) is 5.73 Å². The Kier molecular flexibility index (Phi) is 3.25. The van der Waals surface area contributed by atoms with Gasteiger partial charge in [-0.25, -0.2) is 4.98 Å². The van der Waals surface area contributed by atoms with Crippen LogP contribution in [0.3, 0.4) is 0 Å². The quantitative estimate of drug-likeness (QED) is 0.909. The van der Waals surface area contributed by atoms with Crippen LogP contribution >= 0.6 is 0 Å². The fraction of sp³-hybridized carbons (Fsp3) is 0.400. The predicted molar refractivity (Wildman–Crippen MR) is 77.2 cm³/mol. The van der Waals surface area contributed by atoms with Crippen LogP contribution in [0.5, 0.6) is 0 Å². The van der Waals surface area contributed by atoms with E-state index in [-0.39, 0.29) is 0 Å². The first kappa shape index (κ1) is 12.2. The highest BCUT2D eigenvalue weighted by atomic mass is 15.2. The first-order valence-electron chi connectivity index (χ1n) is 6.82. The van der Waals surface area contributed by atoms with Crippen LogP contribution < -0.4 is 10.6 Å². The van der Waals surface area contributed by atoms with Crippen LogP contribution in [0.1, 0.15) is 17.0 Å². The zero-order chi connectivity index (χ0) is 13.2. The zero-order valence-electron chi connectivity index (χ0n) is 11.3. The van der Waals surface area contributed by atoms with Gasteiger partial charge in [0.2, 0.25) is 0 Å².